The molecule has 4 unspecified atom stereocenters. The van der Waals surface area contributed by atoms with Gasteiger partial charge in [0.1, 0.15) is 0 Å². The van der Waals surface area contributed by atoms with E-state index in [4.69, 9.17) is 14.7 Å². The summed E-state index contributed by atoms with van der Waals surface area (Å²) in [6.07, 6.45) is 2.38. The molecule has 94 valence electrons. The molecular weight excluding hydrogens is 256 g/mol. The topological polar surface area (TPSA) is 127 Å². The minimum absolute atomic E-state index is 0.368. The highest BCUT2D eigenvalue weighted by atomic mass is 31.2. The fraction of sp³-hybridized carbons (Fsp3) is 0.714. The Kier molecular flexibility index (Phi) is 4.88. The maximum absolute atomic E-state index is 11.0. The molecule has 1 rings (SSSR count). The molecule has 1 aliphatic rings. The standard InChI is InChI=1S/C7H15NO6P2/c9-6(5-3-1-2-4-8-5)7(15(10)11)16(12,13)14/h1-2,5-9,15H,3-4H2,(H,10,11)(H2,12,13,14). The van der Waals surface area contributed by atoms with Crippen molar-refractivity contribution in [3.8, 4) is 0 Å². The van der Waals surface area contributed by atoms with Crippen molar-refractivity contribution in [1.29, 1.82) is 0 Å². The van der Waals surface area contributed by atoms with Crippen LogP contribution in [0.1, 0.15) is 6.42 Å². The Morgan fingerprint density at radius 3 is 2.44 bits per heavy atom. The molecule has 0 aromatic rings. The fourth-order valence-corrected chi connectivity index (χ4v) is 3.88. The van der Waals surface area contributed by atoms with Crippen molar-refractivity contribution in [3.05, 3.63) is 12.2 Å². The van der Waals surface area contributed by atoms with Gasteiger partial charge in [0.2, 0.25) is 8.03 Å². The summed E-state index contributed by atoms with van der Waals surface area (Å²) in [5.74, 6) is 0. The summed E-state index contributed by atoms with van der Waals surface area (Å²) in [4.78, 5) is 26.7. The van der Waals surface area contributed by atoms with Gasteiger partial charge < -0.3 is 25.1 Å². The molecule has 0 saturated heterocycles. The average Bonchev–Trinajstić information content (AvgIpc) is 2.16. The lowest BCUT2D eigenvalue weighted by Gasteiger charge is -2.30. The maximum Gasteiger partial charge on any atom is 0.340 e. The molecule has 0 aromatic heterocycles. The number of rotatable bonds is 4. The van der Waals surface area contributed by atoms with Crippen molar-refractivity contribution in [3.63, 3.8) is 0 Å². The van der Waals surface area contributed by atoms with Gasteiger partial charge in [-0.1, -0.05) is 12.2 Å². The summed E-state index contributed by atoms with van der Waals surface area (Å²) >= 11 is 0. The number of nitrogens with one attached hydrogen (secondary N) is 1. The second kappa shape index (κ2) is 5.56. The first kappa shape index (κ1) is 14.1. The molecule has 0 spiro atoms. The van der Waals surface area contributed by atoms with Gasteiger partial charge >= 0.3 is 7.60 Å². The lowest BCUT2D eigenvalue weighted by atomic mass is 10.1. The van der Waals surface area contributed by atoms with E-state index in [0.717, 1.165) is 0 Å². The Hall–Kier alpha value is -0.0000000000000000971. The zero-order valence-corrected chi connectivity index (χ0v) is 10.2. The lowest BCUT2D eigenvalue weighted by Crippen LogP contribution is -2.46. The van der Waals surface area contributed by atoms with Crippen molar-refractivity contribution in [2.75, 3.05) is 6.54 Å². The third kappa shape index (κ3) is 3.50. The Morgan fingerprint density at radius 1 is 1.44 bits per heavy atom. The Bertz CT molecular complexity index is 340. The minimum atomic E-state index is -4.79. The van der Waals surface area contributed by atoms with Crippen LogP contribution in [0.3, 0.4) is 0 Å². The van der Waals surface area contributed by atoms with E-state index >= 15 is 0 Å². The molecule has 0 saturated carbocycles. The molecule has 1 aliphatic heterocycles. The van der Waals surface area contributed by atoms with Crippen LogP contribution < -0.4 is 5.32 Å². The molecule has 0 bridgehead atoms. The van der Waals surface area contributed by atoms with Crippen molar-refractivity contribution >= 4 is 15.6 Å². The summed E-state index contributed by atoms with van der Waals surface area (Å²) in [5, 5.41) is 10.6. The van der Waals surface area contributed by atoms with E-state index in [1.807, 2.05) is 0 Å². The van der Waals surface area contributed by atoms with E-state index in [1.165, 1.54) is 0 Å². The molecule has 0 amide bonds. The first-order valence-corrected chi connectivity index (χ1v) is 7.80. The van der Waals surface area contributed by atoms with Crippen molar-refractivity contribution < 1.29 is 28.9 Å². The maximum atomic E-state index is 11.0. The lowest BCUT2D eigenvalue weighted by molar-refractivity contribution is 0.130. The third-order valence-electron chi connectivity index (χ3n) is 2.41. The van der Waals surface area contributed by atoms with Crippen LogP contribution in [0.5, 0.6) is 0 Å². The van der Waals surface area contributed by atoms with E-state index in [0.29, 0.717) is 13.0 Å². The zero-order chi connectivity index (χ0) is 12.3. The second-order valence-corrected chi connectivity index (χ2v) is 7.10. The quantitative estimate of drug-likeness (QED) is 0.336. The third-order valence-corrected chi connectivity index (χ3v) is 5.96. The zero-order valence-electron chi connectivity index (χ0n) is 8.35. The molecular formula is C7H15NO6P2. The number of hydrogen-bond donors (Lipinski definition) is 5. The van der Waals surface area contributed by atoms with Crippen molar-refractivity contribution in [1.82, 2.24) is 5.32 Å². The van der Waals surface area contributed by atoms with Gasteiger partial charge in [-0.25, -0.2) is 0 Å². The van der Waals surface area contributed by atoms with Crippen LogP contribution in [-0.2, 0) is 9.13 Å². The smallest absolute Gasteiger partial charge is 0.340 e. The predicted molar refractivity (Wildman–Crippen MR) is 58.6 cm³/mol. The van der Waals surface area contributed by atoms with Crippen LogP contribution in [0, 0.1) is 0 Å². The van der Waals surface area contributed by atoms with E-state index in [9.17, 15) is 14.2 Å². The summed E-state index contributed by atoms with van der Waals surface area (Å²) in [6, 6.07) is -0.608. The van der Waals surface area contributed by atoms with Gasteiger partial charge in [0, 0.05) is 12.6 Å². The number of hydrogen-bond acceptors (Lipinski definition) is 4. The van der Waals surface area contributed by atoms with Crippen LogP contribution in [-0.4, -0.2) is 43.9 Å². The molecule has 0 fully saturated rings. The van der Waals surface area contributed by atoms with Gasteiger partial charge in [0.15, 0.2) is 5.40 Å². The molecule has 5 N–H and O–H groups in total. The Balaban J connectivity index is 2.83. The number of aliphatic hydroxyl groups is 1. The van der Waals surface area contributed by atoms with Crippen LogP contribution in [0.15, 0.2) is 12.2 Å². The van der Waals surface area contributed by atoms with Gasteiger partial charge in [0.25, 0.3) is 0 Å². The highest BCUT2D eigenvalue weighted by Gasteiger charge is 2.43. The van der Waals surface area contributed by atoms with Crippen LogP contribution in [0.4, 0.5) is 0 Å². The minimum Gasteiger partial charge on any atom is -0.390 e. The van der Waals surface area contributed by atoms with Gasteiger partial charge in [-0.2, -0.15) is 0 Å². The molecule has 1 heterocycles. The molecule has 9 heteroatoms. The van der Waals surface area contributed by atoms with Crippen LogP contribution in [0.25, 0.3) is 0 Å². The fourth-order valence-electron chi connectivity index (χ4n) is 1.60. The van der Waals surface area contributed by atoms with E-state index in [2.05, 4.69) is 5.32 Å². The van der Waals surface area contributed by atoms with E-state index < -0.39 is 33.2 Å². The van der Waals surface area contributed by atoms with Crippen molar-refractivity contribution in [2.24, 2.45) is 0 Å². The van der Waals surface area contributed by atoms with E-state index in [-0.39, 0.29) is 0 Å². The van der Waals surface area contributed by atoms with Crippen LogP contribution >= 0.6 is 15.6 Å². The highest BCUT2D eigenvalue weighted by Crippen LogP contribution is 2.54. The number of aliphatic hydroxyl groups excluding tert-OH is 1. The predicted octanol–water partition coefficient (Wildman–Crippen LogP) is -0.764. The SMILES string of the molecule is O=[PH](O)C(C(O)C1CC=CCN1)P(=O)(O)O. The normalized spacial score (nSPS) is 27.4. The summed E-state index contributed by atoms with van der Waals surface area (Å²) in [5.41, 5.74) is 0. The summed E-state index contributed by atoms with van der Waals surface area (Å²) in [7, 11) is -8.29. The Morgan fingerprint density at radius 2 is 2.06 bits per heavy atom. The van der Waals surface area contributed by atoms with E-state index in [1.54, 1.807) is 12.2 Å². The average molecular weight is 271 g/mol. The van der Waals surface area contributed by atoms with Gasteiger partial charge in [-0.05, 0) is 6.42 Å². The molecule has 0 aliphatic carbocycles. The summed E-state index contributed by atoms with van der Waals surface area (Å²) < 4.78 is 21.9. The summed E-state index contributed by atoms with van der Waals surface area (Å²) in [6.45, 7) is 0.460. The highest BCUT2D eigenvalue weighted by molar-refractivity contribution is 7.65. The second-order valence-electron chi connectivity index (χ2n) is 3.58. The molecule has 4 atom stereocenters. The van der Waals surface area contributed by atoms with Crippen LogP contribution in [0.2, 0.25) is 0 Å². The van der Waals surface area contributed by atoms with Gasteiger partial charge in [-0.3, -0.25) is 9.13 Å². The van der Waals surface area contributed by atoms with Gasteiger partial charge in [-0.15, -0.1) is 0 Å². The largest absolute Gasteiger partial charge is 0.390 e. The monoisotopic (exact) mass is 271 g/mol. The first-order chi connectivity index (χ1) is 7.34. The van der Waals surface area contributed by atoms with Crippen molar-refractivity contribution in [2.45, 2.75) is 24.0 Å². The molecule has 0 aromatic carbocycles. The first-order valence-electron chi connectivity index (χ1n) is 4.68. The molecule has 16 heavy (non-hydrogen) atoms. The van der Waals surface area contributed by atoms with Gasteiger partial charge in [0.05, 0.1) is 6.10 Å². The molecule has 7 nitrogen and oxygen atoms in total. The Labute approximate surface area is 93.2 Å². The molecule has 0 radical (unpaired) electrons.